The summed E-state index contributed by atoms with van der Waals surface area (Å²) in [5, 5.41) is 2.05. The van der Waals surface area contributed by atoms with Gasteiger partial charge in [0, 0.05) is 74.6 Å². The van der Waals surface area contributed by atoms with E-state index in [0.717, 1.165) is 67.5 Å². The third-order valence-corrected chi connectivity index (χ3v) is 8.35. The van der Waals surface area contributed by atoms with Gasteiger partial charge in [-0.3, -0.25) is 9.80 Å². The van der Waals surface area contributed by atoms with Crippen LogP contribution in [0.2, 0.25) is 0 Å². The van der Waals surface area contributed by atoms with E-state index >= 15 is 0 Å². The molecule has 10 nitrogen and oxygen atoms in total. The summed E-state index contributed by atoms with van der Waals surface area (Å²) in [6, 6.07) is 8.47. The second-order valence-electron chi connectivity index (χ2n) is 10.5. The van der Waals surface area contributed by atoms with Gasteiger partial charge in [0.15, 0.2) is 23.0 Å². The van der Waals surface area contributed by atoms with Gasteiger partial charge in [-0.25, -0.2) is 0 Å². The molecule has 0 atom stereocenters. The smallest absolute Gasteiger partial charge is 0.204 e. The number of nitrogens with zero attached hydrogens (tertiary/aromatic N) is 4. The normalized spacial score (nSPS) is 14.8. The first-order chi connectivity index (χ1) is 19.9. The molecule has 10 heteroatoms. The van der Waals surface area contributed by atoms with Crippen LogP contribution in [0.5, 0.6) is 34.5 Å². The van der Waals surface area contributed by atoms with Crippen molar-refractivity contribution in [3.63, 3.8) is 0 Å². The molecule has 0 unspecified atom stereocenters. The molecule has 2 aromatic carbocycles. The first kappa shape index (κ1) is 28.8. The lowest BCUT2D eigenvalue weighted by atomic mass is 10.2. The van der Waals surface area contributed by atoms with Crippen molar-refractivity contribution in [3.8, 4) is 34.5 Å². The lowest BCUT2D eigenvalue weighted by molar-refractivity contribution is 0.242. The Kier molecular flexibility index (Phi) is 8.42. The van der Waals surface area contributed by atoms with Gasteiger partial charge in [0.2, 0.25) is 11.5 Å². The highest BCUT2D eigenvalue weighted by Gasteiger charge is 2.24. The number of aryl methyl sites for hydroxylation is 2. The molecule has 5 rings (SSSR count). The maximum absolute atomic E-state index is 5.75. The van der Waals surface area contributed by atoms with E-state index < -0.39 is 0 Å². The molecule has 2 aromatic heterocycles. The lowest BCUT2D eigenvalue weighted by Crippen LogP contribution is -2.31. The number of hydrogen-bond acceptors (Lipinski definition) is 8. The number of benzene rings is 2. The Morgan fingerprint density at radius 1 is 0.512 bits per heavy atom. The molecule has 1 aliphatic heterocycles. The highest BCUT2D eigenvalue weighted by molar-refractivity contribution is 5.93. The summed E-state index contributed by atoms with van der Waals surface area (Å²) in [6.07, 6.45) is 1.10. The zero-order valence-electron chi connectivity index (χ0n) is 25.5. The van der Waals surface area contributed by atoms with E-state index in [1.54, 1.807) is 42.7 Å². The van der Waals surface area contributed by atoms with Crippen LogP contribution in [0.15, 0.2) is 24.3 Å². The fourth-order valence-electron chi connectivity index (χ4n) is 6.10. The van der Waals surface area contributed by atoms with Crippen LogP contribution in [-0.2, 0) is 27.2 Å². The summed E-state index contributed by atoms with van der Waals surface area (Å²) in [7, 11) is 14.1. The number of methoxy groups -OCH3 is 6. The summed E-state index contributed by atoms with van der Waals surface area (Å²) in [4.78, 5) is 5.07. The fourth-order valence-corrected chi connectivity index (χ4v) is 6.10. The van der Waals surface area contributed by atoms with Crippen LogP contribution < -0.4 is 28.4 Å². The maximum atomic E-state index is 5.75. The predicted molar refractivity (Wildman–Crippen MR) is 160 cm³/mol. The molecule has 3 heterocycles. The van der Waals surface area contributed by atoms with Crippen LogP contribution >= 0.6 is 0 Å². The van der Waals surface area contributed by atoms with Gasteiger partial charge >= 0.3 is 0 Å². The van der Waals surface area contributed by atoms with Gasteiger partial charge in [0.05, 0.1) is 53.7 Å². The third kappa shape index (κ3) is 5.10. The predicted octanol–water partition coefficient (Wildman–Crippen LogP) is 4.43. The van der Waals surface area contributed by atoms with Crippen molar-refractivity contribution in [2.45, 2.75) is 19.5 Å². The molecular formula is C31H42N4O6. The molecule has 0 spiro atoms. The molecule has 0 aliphatic carbocycles. The second-order valence-corrected chi connectivity index (χ2v) is 10.5. The number of rotatable bonds is 10. The minimum absolute atomic E-state index is 0.618. The van der Waals surface area contributed by atoms with Crippen LogP contribution in [-0.4, -0.2) is 87.8 Å². The van der Waals surface area contributed by atoms with Crippen LogP contribution in [0.4, 0.5) is 0 Å². The van der Waals surface area contributed by atoms with E-state index in [1.807, 2.05) is 12.1 Å². The molecule has 1 aliphatic rings. The lowest BCUT2D eigenvalue weighted by Gasteiger charge is -2.22. The van der Waals surface area contributed by atoms with Gasteiger partial charge < -0.3 is 37.6 Å². The molecule has 222 valence electrons. The molecule has 1 saturated heterocycles. The Bertz CT molecular complexity index is 1430. The highest BCUT2D eigenvalue weighted by Crippen LogP contribution is 2.45. The van der Waals surface area contributed by atoms with Crippen molar-refractivity contribution in [2.24, 2.45) is 14.1 Å². The average molecular weight is 567 g/mol. The van der Waals surface area contributed by atoms with E-state index in [-0.39, 0.29) is 0 Å². The molecule has 1 fully saturated rings. The summed E-state index contributed by atoms with van der Waals surface area (Å²) >= 11 is 0. The van der Waals surface area contributed by atoms with Gasteiger partial charge in [-0.05, 0) is 31.6 Å². The van der Waals surface area contributed by atoms with E-state index in [2.05, 4.69) is 45.2 Å². The molecule has 0 radical (unpaired) electrons. The van der Waals surface area contributed by atoms with E-state index in [1.165, 1.54) is 11.4 Å². The number of aromatic nitrogens is 2. The quantitative estimate of drug-likeness (QED) is 0.279. The van der Waals surface area contributed by atoms with Gasteiger partial charge in [-0.1, -0.05) is 0 Å². The molecule has 4 aromatic rings. The summed E-state index contributed by atoms with van der Waals surface area (Å²) in [5.41, 5.74) is 4.58. The first-order valence-electron chi connectivity index (χ1n) is 13.9. The Morgan fingerprint density at radius 3 is 1.24 bits per heavy atom. The van der Waals surface area contributed by atoms with Gasteiger partial charge in [-0.15, -0.1) is 0 Å². The third-order valence-electron chi connectivity index (χ3n) is 8.35. The van der Waals surface area contributed by atoms with Crippen molar-refractivity contribution in [1.29, 1.82) is 0 Å². The average Bonchev–Trinajstić information content (AvgIpc) is 3.35. The van der Waals surface area contributed by atoms with E-state index in [0.29, 0.717) is 34.5 Å². The molecule has 0 amide bonds. The molecule has 0 bridgehead atoms. The fraction of sp³-hybridized carbons (Fsp3) is 0.484. The standard InChI is InChI=1S/C31H42N4O6/c1-32-20(14-22-24(32)16-26(36-3)30(40-7)28(22)38-5)18-34-10-9-11-35(13-12-34)19-21-15-23-25(33(21)2)17-27(37-4)31(41-8)29(23)39-6/h14-17H,9-13,18-19H2,1-8H3. The Hall–Kier alpha value is -3.76. The van der Waals surface area contributed by atoms with Crippen molar-refractivity contribution in [1.82, 2.24) is 18.9 Å². The minimum Gasteiger partial charge on any atom is -0.493 e. The SMILES string of the molecule is COc1cc2c(cc(CN3CCCN(Cc4cc5c(OC)c(OC)c(OC)cc5n4C)CC3)n2C)c(OC)c1OC. The van der Waals surface area contributed by atoms with E-state index in [4.69, 9.17) is 28.4 Å². The first-order valence-corrected chi connectivity index (χ1v) is 13.9. The minimum atomic E-state index is 0.618. The van der Waals surface area contributed by atoms with Crippen LogP contribution in [0.1, 0.15) is 17.8 Å². The van der Waals surface area contributed by atoms with Gasteiger partial charge in [-0.2, -0.15) is 0 Å². The number of ether oxygens (including phenoxy) is 6. The summed E-state index contributed by atoms with van der Waals surface area (Å²) in [5.74, 6) is 3.97. The topological polar surface area (TPSA) is 71.7 Å². The zero-order valence-corrected chi connectivity index (χ0v) is 25.5. The number of fused-ring (bicyclic) bond motifs is 2. The van der Waals surface area contributed by atoms with Crippen molar-refractivity contribution in [3.05, 3.63) is 35.7 Å². The van der Waals surface area contributed by atoms with Gasteiger partial charge in [0.1, 0.15) is 0 Å². The maximum Gasteiger partial charge on any atom is 0.204 e. The molecular weight excluding hydrogens is 524 g/mol. The monoisotopic (exact) mass is 566 g/mol. The largest absolute Gasteiger partial charge is 0.493 e. The Labute approximate surface area is 241 Å². The Balaban J connectivity index is 1.34. The summed E-state index contributed by atoms with van der Waals surface area (Å²) in [6.45, 7) is 5.77. The molecule has 0 N–H and O–H groups in total. The van der Waals surface area contributed by atoms with E-state index in [9.17, 15) is 0 Å². The van der Waals surface area contributed by atoms with Crippen molar-refractivity contribution < 1.29 is 28.4 Å². The van der Waals surface area contributed by atoms with Crippen molar-refractivity contribution >= 4 is 21.8 Å². The highest BCUT2D eigenvalue weighted by atomic mass is 16.5. The van der Waals surface area contributed by atoms with Crippen LogP contribution in [0.3, 0.4) is 0 Å². The molecule has 41 heavy (non-hydrogen) atoms. The van der Waals surface area contributed by atoms with Gasteiger partial charge in [0.25, 0.3) is 0 Å². The zero-order chi connectivity index (χ0) is 29.3. The van der Waals surface area contributed by atoms with Crippen LogP contribution in [0.25, 0.3) is 21.8 Å². The number of hydrogen-bond donors (Lipinski definition) is 0. The second kappa shape index (κ2) is 12.0. The Morgan fingerprint density at radius 2 is 0.902 bits per heavy atom. The van der Waals surface area contributed by atoms with Crippen molar-refractivity contribution in [2.75, 3.05) is 68.8 Å². The summed E-state index contributed by atoms with van der Waals surface area (Å²) < 4.78 is 38.4. The van der Waals surface area contributed by atoms with Crippen LogP contribution in [0, 0.1) is 0 Å². The molecule has 0 saturated carbocycles.